The number of nitrogens with one attached hydrogen (secondary N) is 1. The molecule has 0 saturated heterocycles. The van der Waals surface area contributed by atoms with E-state index in [0.29, 0.717) is 17.0 Å². The number of hydrogen-bond acceptors (Lipinski definition) is 6. The summed E-state index contributed by atoms with van der Waals surface area (Å²) in [7, 11) is 0. The van der Waals surface area contributed by atoms with E-state index in [4.69, 9.17) is 0 Å². The first-order valence-electron chi connectivity index (χ1n) is 5.45. The average molecular weight is 261 g/mol. The first-order chi connectivity index (χ1) is 9.08. The van der Waals surface area contributed by atoms with Crippen molar-refractivity contribution in [2.24, 2.45) is 10.1 Å². The lowest BCUT2D eigenvalue weighted by atomic mass is 10.1. The van der Waals surface area contributed by atoms with Crippen molar-refractivity contribution in [2.45, 2.75) is 13.8 Å². The van der Waals surface area contributed by atoms with Gasteiger partial charge in [0.2, 0.25) is 5.84 Å². The van der Waals surface area contributed by atoms with Crippen molar-refractivity contribution in [3.63, 3.8) is 0 Å². The third-order valence-electron chi connectivity index (χ3n) is 2.19. The highest BCUT2D eigenvalue weighted by Gasteiger charge is 2.22. The standard InChI is InChI=1S/C12H11N3O4/c1-7(16)18-14-11-9-5-3-4-6-10(9)12(13-11)15-19-8(2)17/h3-6H,1-2H3,(H,13,14,15). The van der Waals surface area contributed by atoms with Crippen LogP contribution in [0.2, 0.25) is 0 Å². The molecule has 1 N–H and O–H groups in total. The summed E-state index contributed by atoms with van der Waals surface area (Å²) in [6, 6.07) is 7.15. The Labute approximate surface area is 108 Å². The smallest absolute Gasteiger partial charge is 0.332 e. The van der Waals surface area contributed by atoms with E-state index in [9.17, 15) is 9.59 Å². The fraction of sp³-hybridized carbons (Fsp3) is 0.167. The van der Waals surface area contributed by atoms with E-state index in [0.717, 1.165) is 0 Å². The van der Waals surface area contributed by atoms with Crippen LogP contribution in [0.25, 0.3) is 0 Å². The first-order valence-corrected chi connectivity index (χ1v) is 5.45. The molecule has 0 aliphatic carbocycles. The lowest BCUT2D eigenvalue weighted by Gasteiger charge is -2.04. The molecular formula is C12H11N3O4. The molecule has 19 heavy (non-hydrogen) atoms. The van der Waals surface area contributed by atoms with E-state index in [1.807, 2.05) is 0 Å². The Morgan fingerprint density at radius 1 is 1.16 bits per heavy atom. The van der Waals surface area contributed by atoms with Crippen LogP contribution in [0.4, 0.5) is 0 Å². The summed E-state index contributed by atoms with van der Waals surface area (Å²) in [5.41, 5.74) is 3.82. The van der Waals surface area contributed by atoms with Gasteiger partial charge in [0, 0.05) is 25.0 Å². The van der Waals surface area contributed by atoms with Gasteiger partial charge in [-0.25, -0.2) is 9.79 Å². The number of rotatable bonds is 1. The summed E-state index contributed by atoms with van der Waals surface area (Å²) in [5, 5.41) is 3.64. The minimum Gasteiger partial charge on any atom is -0.342 e. The van der Waals surface area contributed by atoms with Gasteiger partial charge in [0.05, 0.1) is 0 Å². The molecular weight excluding hydrogens is 250 g/mol. The number of nitrogens with zero attached hydrogens (tertiary/aromatic N) is 2. The zero-order valence-corrected chi connectivity index (χ0v) is 10.3. The normalized spacial score (nSPS) is 14.6. The molecule has 0 aromatic heterocycles. The minimum absolute atomic E-state index is 0.237. The molecule has 2 rings (SSSR count). The van der Waals surface area contributed by atoms with Gasteiger partial charge in [-0.05, 0) is 0 Å². The summed E-state index contributed by atoms with van der Waals surface area (Å²) >= 11 is 0. The topological polar surface area (TPSA) is 89.3 Å². The summed E-state index contributed by atoms with van der Waals surface area (Å²) in [6.07, 6.45) is 0. The summed E-state index contributed by atoms with van der Waals surface area (Å²) in [6.45, 7) is 2.51. The number of oxime groups is 1. The lowest BCUT2D eigenvalue weighted by molar-refractivity contribution is -0.145. The number of hydrogen-bond donors (Lipinski definition) is 1. The zero-order chi connectivity index (χ0) is 13.8. The molecule has 1 aromatic rings. The van der Waals surface area contributed by atoms with Crippen molar-refractivity contribution < 1.29 is 19.3 Å². The molecule has 0 amide bonds. The van der Waals surface area contributed by atoms with Crippen molar-refractivity contribution in [3.05, 3.63) is 35.4 Å². The molecule has 0 spiro atoms. The number of fused-ring (bicyclic) bond motifs is 1. The molecule has 1 aliphatic heterocycles. The fourth-order valence-corrected chi connectivity index (χ4v) is 1.49. The Hall–Kier alpha value is -2.70. The van der Waals surface area contributed by atoms with Crippen molar-refractivity contribution in [2.75, 3.05) is 0 Å². The molecule has 1 aliphatic rings. The summed E-state index contributed by atoms with van der Waals surface area (Å²) in [4.78, 5) is 34.9. The van der Waals surface area contributed by atoms with Crippen LogP contribution in [-0.4, -0.2) is 23.6 Å². The summed E-state index contributed by atoms with van der Waals surface area (Å²) in [5.74, 6) is -0.468. The minimum atomic E-state index is -0.540. The Kier molecular flexibility index (Phi) is 3.56. The van der Waals surface area contributed by atoms with Gasteiger partial charge in [-0.2, -0.15) is 5.48 Å². The van der Waals surface area contributed by atoms with Gasteiger partial charge in [0.25, 0.3) is 0 Å². The molecule has 98 valence electrons. The average Bonchev–Trinajstić information content (AvgIpc) is 2.72. The maximum absolute atomic E-state index is 10.8. The number of amidine groups is 2. The number of aliphatic imine (C=N–C) groups is 1. The molecule has 0 bridgehead atoms. The summed E-state index contributed by atoms with van der Waals surface area (Å²) < 4.78 is 0. The number of hydroxylamine groups is 1. The van der Waals surface area contributed by atoms with Gasteiger partial charge in [-0.15, -0.1) is 0 Å². The molecule has 1 heterocycles. The van der Waals surface area contributed by atoms with E-state index >= 15 is 0 Å². The highest BCUT2D eigenvalue weighted by atomic mass is 16.7. The van der Waals surface area contributed by atoms with Crippen LogP contribution in [-0.2, 0) is 19.3 Å². The lowest BCUT2D eigenvalue weighted by Crippen LogP contribution is -2.25. The van der Waals surface area contributed by atoms with Crippen molar-refractivity contribution >= 4 is 23.6 Å². The quantitative estimate of drug-likeness (QED) is 0.595. The molecule has 1 aromatic carbocycles. The van der Waals surface area contributed by atoms with Crippen LogP contribution in [0.15, 0.2) is 34.4 Å². The van der Waals surface area contributed by atoms with Gasteiger partial charge < -0.3 is 9.68 Å². The largest absolute Gasteiger partial charge is 0.342 e. The van der Waals surface area contributed by atoms with Gasteiger partial charge >= 0.3 is 11.9 Å². The van der Waals surface area contributed by atoms with Gasteiger partial charge in [-0.1, -0.05) is 29.4 Å². The molecule has 0 atom stereocenters. The van der Waals surface area contributed by atoms with E-state index in [-0.39, 0.29) is 5.84 Å². The second-order valence-corrected chi connectivity index (χ2v) is 3.70. The monoisotopic (exact) mass is 261 g/mol. The Morgan fingerprint density at radius 2 is 1.84 bits per heavy atom. The molecule has 0 fully saturated rings. The molecule has 0 saturated carbocycles. The maximum Gasteiger partial charge on any atom is 0.332 e. The molecule has 0 radical (unpaired) electrons. The van der Waals surface area contributed by atoms with Crippen LogP contribution >= 0.6 is 0 Å². The van der Waals surface area contributed by atoms with E-state index in [1.54, 1.807) is 24.3 Å². The van der Waals surface area contributed by atoms with Crippen molar-refractivity contribution in [3.8, 4) is 0 Å². The highest BCUT2D eigenvalue weighted by molar-refractivity contribution is 6.22. The zero-order valence-electron chi connectivity index (χ0n) is 10.3. The number of carbonyl (C=O) groups is 2. The first kappa shape index (κ1) is 12.7. The number of carbonyl (C=O) groups excluding carboxylic acids is 2. The Balaban J connectivity index is 2.29. The predicted molar refractivity (Wildman–Crippen MR) is 66.2 cm³/mol. The Morgan fingerprint density at radius 3 is 2.47 bits per heavy atom. The third-order valence-corrected chi connectivity index (χ3v) is 2.19. The van der Waals surface area contributed by atoms with E-state index in [1.165, 1.54) is 13.8 Å². The SMILES string of the molecule is CC(=O)ON=C1N=C(NOC(C)=O)c2ccccc21. The van der Waals surface area contributed by atoms with Crippen molar-refractivity contribution in [1.82, 2.24) is 5.48 Å². The van der Waals surface area contributed by atoms with E-state index < -0.39 is 11.9 Å². The van der Waals surface area contributed by atoms with E-state index in [2.05, 4.69) is 25.3 Å². The van der Waals surface area contributed by atoms with Gasteiger partial charge in [0.1, 0.15) is 0 Å². The molecule has 0 unspecified atom stereocenters. The van der Waals surface area contributed by atoms with Gasteiger partial charge in [0.15, 0.2) is 5.84 Å². The molecule has 7 nitrogen and oxygen atoms in total. The predicted octanol–water partition coefficient (Wildman–Crippen LogP) is 0.739. The van der Waals surface area contributed by atoms with Crippen LogP contribution in [0.1, 0.15) is 25.0 Å². The van der Waals surface area contributed by atoms with Gasteiger partial charge in [-0.3, -0.25) is 4.79 Å². The fourth-order valence-electron chi connectivity index (χ4n) is 1.49. The van der Waals surface area contributed by atoms with Crippen LogP contribution < -0.4 is 5.48 Å². The number of benzene rings is 1. The second-order valence-electron chi connectivity index (χ2n) is 3.70. The second kappa shape index (κ2) is 5.30. The van der Waals surface area contributed by atoms with Crippen LogP contribution in [0, 0.1) is 0 Å². The Bertz CT molecular complexity index is 592. The third kappa shape index (κ3) is 2.95. The molecule has 7 heteroatoms. The highest BCUT2D eigenvalue weighted by Crippen LogP contribution is 2.18. The van der Waals surface area contributed by atoms with Crippen LogP contribution in [0.5, 0.6) is 0 Å². The van der Waals surface area contributed by atoms with Crippen LogP contribution in [0.3, 0.4) is 0 Å². The maximum atomic E-state index is 10.8. The van der Waals surface area contributed by atoms with Crippen molar-refractivity contribution in [1.29, 1.82) is 0 Å².